The lowest BCUT2D eigenvalue weighted by Crippen LogP contribution is -2.44. The number of imide groups is 1. The van der Waals surface area contributed by atoms with Crippen molar-refractivity contribution in [3.63, 3.8) is 0 Å². The third-order valence-electron chi connectivity index (χ3n) is 5.10. The molecule has 0 aromatic heterocycles. The van der Waals surface area contributed by atoms with E-state index in [-0.39, 0.29) is 42.1 Å². The van der Waals surface area contributed by atoms with Crippen LogP contribution in [0.4, 0.5) is 0 Å². The van der Waals surface area contributed by atoms with E-state index in [1.54, 1.807) is 0 Å². The van der Waals surface area contributed by atoms with E-state index in [1.807, 2.05) is 31.2 Å². The summed E-state index contributed by atoms with van der Waals surface area (Å²) in [5.41, 5.74) is 1.12. The van der Waals surface area contributed by atoms with Crippen LogP contribution >= 0.6 is 15.9 Å². The van der Waals surface area contributed by atoms with Crippen molar-refractivity contribution in [2.24, 2.45) is 11.8 Å². The van der Waals surface area contributed by atoms with E-state index in [1.165, 1.54) is 4.90 Å². The number of carbonyl (C=O) groups is 3. The lowest BCUT2D eigenvalue weighted by atomic mass is 9.81. The van der Waals surface area contributed by atoms with Crippen LogP contribution in [0.25, 0.3) is 0 Å². The molecule has 1 aromatic carbocycles. The number of hydrogen-bond donors (Lipinski definition) is 1. The SMILES string of the molecule is CC(Cc1ccc(Br)cc1)NC(=O)CN1C(=O)C2CCCCC2C1=O. The quantitative estimate of drug-likeness (QED) is 0.764. The van der Waals surface area contributed by atoms with Gasteiger partial charge in [0.25, 0.3) is 0 Å². The predicted octanol–water partition coefficient (Wildman–Crippen LogP) is 2.67. The first-order chi connectivity index (χ1) is 12.0. The Morgan fingerprint density at radius 3 is 2.28 bits per heavy atom. The van der Waals surface area contributed by atoms with E-state index in [0.717, 1.165) is 35.7 Å². The Hall–Kier alpha value is -1.69. The van der Waals surface area contributed by atoms with Gasteiger partial charge in [0, 0.05) is 10.5 Å². The van der Waals surface area contributed by atoms with Crippen molar-refractivity contribution in [3.8, 4) is 0 Å². The van der Waals surface area contributed by atoms with Crippen molar-refractivity contribution in [3.05, 3.63) is 34.3 Å². The molecule has 0 radical (unpaired) electrons. The molecule has 1 N–H and O–H groups in total. The Kier molecular flexibility index (Phi) is 5.57. The largest absolute Gasteiger partial charge is 0.352 e. The molecule has 1 heterocycles. The molecule has 2 aliphatic rings. The Bertz CT molecular complexity index is 650. The Morgan fingerprint density at radius 2 is 1.72 bits per heavy atom. The molecule has 1 aromatic rings. The van der Waals surface area contributed by atoms with Gasteiger partial charge in [-0.1, -0.05) is 40.9 Å². The van der Waals surface area contributed by atoms with E-state index in [0.29, 0.717) is 6.42 Å². The number of fused-ring (bicyclic) bond motifs is 1. The fraction of sp³-hybridized carbons (Fsp3) is 0.526. The number of rotatable bonds is 5. The lowest BCUT2D eigenvalue weighted by Gasteiger charge is -2.19. The molecule has 1 aliphatic heterocycles. The lowest BCUT2D eigenvalue weighted by molar-refractivity contribution is -0.143. The zero-order chi connectivity index (χ0) is 18.0. The number of amides is 3. The topological polar surface area (TPSA) is 66.5 Å². The summed E-state index contributed by atoms with van der Waals surface area (Å²) >= 11 is 3.40. The number of nitrogens with zero attached hydrogens (tertiary/aromatic N) is 1. The Balaban J connectivity index is 1.54. The van der Waals surface area contributed by atoms with Crippen molar-refractivity contribution < 1.29 is 14.4 Å². The normalized spacial score (nSPS) is 24.2. The minimum absolute atomic E-state index is 0.0660. The van der Waals surface area contributed by atoms with Gasteiger partial charge in [-0.25, -0.2) is 0 Å². The van der Waals surface area contributed by atoms with E-state index in [9.17, 15) is 14.4 Å². The van der Waals surface area contributed by atoms with Crippen LogP contribution in [0.2, 0.25) is 0 Å². The minimum Gasteiger partial charge on any atom is -0.352 e. The molecule has 0 bridgehead atoms. The fourth-order valence-corrected chi connectivity index (χ4v) is 4.14. The second-order valence-electron chi connectivity index (χ2n) is 7.06. The third-order valence-corrected chi connectivity index (χ3v) is 5.63. The standard InChI is InChI=1S/C19H23BrN2O3/c1-12(10-13-6-8-14(20)9-7-13)21-17(23)11-22-18(24)15-4-2-3-5-16(15)19(22)25/h6-9,12,15-16H,2-5,10-11H2,1H3,(H,21,23). The van der Waals surface area contributed by atoms with Gasteiger partial charge < -0.3 is 5.32 Å². The minimum atomic E-state index is -0.273. The maximum Gasteiger partial charge on any atom is 0.240 e. The molecule has 2 fully saturated rings. The van der Waals surface area contributed by atoms with Crippen LogP contribution in [0.1, 0.15) is 38.2 Å². The van der Waals surface area contributed by atoms with E-state index in [2.05, 4.69) is 21.2 Å². The average molecular weight is 407 g/mol. The molecule has 3 rings (SSSR count). The molecule has 1 saturated heterocycles. The van der Waals surface area contributed by atoms with Gasteiger partial charge in [-0.15, -0.1) is 0 Å². The van der Waals surface area contributed by atoms with Gasteiger partial charge >= 0.3 is 0 Å². The molecular weight excluding hydrogens is 384 g/mol. The maximum atomic E-state index is 12.4. The number of nitrogens with one attached hydrogen (secondary N) is 1. The zero-order valence-corrected chi connectivity index (χ0v) is 15.9. The smallest absolute Gasteiger partial charge is 0.240 e. The van der Waals surface area contributed by atoms with Crippen molar-refractivity contribution in [2.45, 2.75) is 45.1 Å². The second-order valence-corrected chi connectivity index (χ2v) is 7.97. The van der Waals surface area contributed by atoms with Crippen molar-refractivity contribution in [1.82, 2.24) is 10.2 Å². The fourth-order valence-electron chi connectivity index (χ4n) is 3.88. The highest BCUT2D eigenvalue weighted by atomic mass is 79.9. The van der Waals surface area contributed by atoms with Crippen LogP contribution in [0.15, 0.2) is 28.7 Å². The zero-order valence-electron chi connectivity index (χ0n) is 14.3. The Labute approximate surface area is 156 Å². The Morgan fingerprint density at radius 1 is 1.16 bits per heavy atom. The number of carbonyl (C=O) groups excluding carboxylic acids is 3. The van der Waals surface area contributed by atoms with E-state index in [4.69, 9.17) is 0 Å². The summed E-state index contributed by atoms with van der Waals surface area (Å²) in [5, 5.41) is 2.90. The molecule has 1 saturated carbocycles. The van der Waals surface area contributed by atoms with E-state index >= 15 is 0 Å². The third kappa shape index (κ3) is 4.11. The molecule has 5 nitrogen and oxygen atoms in total. The molecule has 0 spiro atoms. The number of hydrogen-bond acceptors (Lipinski definition) is 3. The number of halogens is 1. The van der Waals surface area contributed by atoms with Gasteiger partial charge in [0.1, 0.15) is 6.54 Å². The molecule has 3 atom stereocenters. The van der Waals surface area contributed by atoms with Gasteiger partial charge in [0.2, 0.25) is 17.7 Å². The molecule has 3 unspecified atom stereocenters. The van der Waals surface area contributed by atoms with Crippen LogP contribution < -0.4 is 5.32 Å². The average Bonchev–Trinajstić information content (AvgIpc) is 2.82. The molecule has 1 aliphatic carbocycles. The summed E-state index contributed by atoms with van der Waals surface area (Å²) in [7, 11) is 0. The molecule has 3 amide bonds. The number of likely N-dealkylation sites (tertiary alicyclic amines) is 1. The monoisotopic (exact) mass is 406 g/mol. The summed E-state index contributed by atoms with van der Waals surface area (Å²) in [6.07, 6.45) is 4.22. The van der Waals surface area contributed by atoms with E-state index < -0.39 is 0 Å². The summed E-state index contributed by atoms with van der Waals surface area (Å²) in [6, 6.07) is 7.87. The first kappa shape index (κ1) is 18.1. The maximum absolute atomic E-state index is 12.4. The van der Waals surface area contributed by atoms with Crippen molar-refractivity contribution in [2.75, 3.05) is 6.54 Å². The van der Waals surface area contributed by atoms with Crippen LogP contribution in [0, 0.1) is 11.8 Å². The van der Waals surface area contributed by atoms with Gasteiger partial charge in [-0.05, 0) is 43.9 Å². The highest BCUT2D eigenvalue weighted by Crippen LogP contribution is 2.37. The summed E-state index contributed by atoms with van der Waals surface area (Å²) in [4.78, 5) is 38.3. The van der Waals surface area contributed by atoms with Crippen LogP contribution in [0.5, 0.6) is 0 Å². The first-order valence-electron chi connectivity index (χ1n) is 8.84. The van der Waals surface area contributed by atoms with Crippen molar-refractivity contribution >= 4 is 33.7 Å². The summed E-state index contributed by atoms with van der Waals surface area (Å²) in [5.74, 6) is -0.996. The van der Waals surface area contributed by atoms with Crippen LogP contribution in [0.3, 0.4) is 0 Å². The predicted molar refractivity (Wildman–Crippen MR) is 97.6 cm³/mol. The molecule has 25 heavy (non-hydrogen) atoms. The second kappa shape index (κ2) is 7.68. The van der Waals surface area contributed by atoms with Gasteiger partial charge in [0.05, 0.1) is 11.8 Å². The first-order valence-corrected chi connectivity index (χ1v) is 9.64. The number of benzene rings is 1. The highest BCUT2D eigenvalue weighted by Gasteiger charge is 2.48. The van der Waals surface area contributed by atoms with Crippen LogP contribution in [-0.4, -0.2) is 35.2 Å². The summed E-state index contributed by atoms with van der Waals surface area (Å²) in [6.45, 7) is 1.77. The molecule has 6 heteroatoms. The molecular formula is C19H23BrN2O3. The van der Waals surface area contributed by atoms with Crippen molar-refractivity contribution in [1.29, 1.82) is 0 Å². The van der Waals surface area contributed by atoms with Gasteiger partial charge in [-0.2, -0.15) is 0 Å². The molecule has 134 valence electrons. The van der Waals surface area contributed by atoms with Gasteiger partial charge in [0.15, 0.2) is 0 Å². The van der Waals surface area contributed by atoms with Crippen LogP contribution in [-0.2, 0) is 20.8 Å². The summed E-state index contributed by atoms with van der Waals surface area (Å²) < 4.78 is 1.01. The highest BCUT2D eigenvalue weighted by molar-refractivity contribution is 9.10. The van der Waals surface area contributed by atoms with Gasteiger partial charge in [-0.3, -0.25) is 19.3 Å².